The second kappa shape index (κ2) is 7.59. The van der Waals surface area contributed by atoms with Crippen LogP contribution in [0.4, 0.5) is 0 Å². The Labute approximate surface area is 129 Å². The van der Waals surface area contributed by atoms with Crippen molar-refractivity contribution in [3.05, 3.63) is 22.6 Å². The van der Waals surface area contributed by atoms with Crippen LogP contribution >= 0.6 is 15.9 Å². The van der Waals surface area contributed by atoms with Gasteiger partial charge in [0.2, 0.25) is 0 Å². The topological polar surface area (TPSA) is 48.6 Å². The maximum Gasteiger partial charge on any atom is 0.134 e. The average Bonchev–Trinajstić information content (AvgIpc) is 2.85. The van der Waals surface area contributed by atoms with E-state index in [0.29, 0.717) is 6.54 Å². The predicted octanol–water partition coefficient (Wildman–Crippen LogP) is 2.79. The van der Waals surface area contributed by atoms with Crippen molar-refractivity contribution >= 4 is 15.9 Å². The predicted molar refractivity (Wildman–Crippen MR) is 83.7 cm³/mol. The molecule has 0 bridgehead atoms. The molecule has 0 saturated carbocycles. The number of hydrogen-bond acceptors (Lipinski definition) is 4. The zero-order valence-electron chi connectivity index (χ0n) is 12.3. The monoisotopic (exact) mass is 344 g/mol. The highest BCUT2D eigenvalue weighted by molar-refractivity contribution is 9.10. The molecule has 1 aliphatic rings. The summed E-state index contributed by atoms with van der Waals surface area (Å²) in [7, 11) is 0. The molecule has 0 amide bonds. The van der Waals surface area contributed by atoms with Crippen LogP contribution in [-0.4, -0.2) is 42.3 Å². The first kappa shape index (κ1) is 16.0. The summed E-state index contributed by atoms with van der Waals surface area (Å²) in [6.07, 6.45) is 3.83. The number of likely N-dealkylation sites (tertiary alicyclic amines) is 1. The van der Waals surface area contributed by atoms with E-state index in [1.54, 1.807) is 6.26 Å². The zero-order valence-corrected chi connectivity index (χ0v) is 13.9. The van der Waals surface area contributed by atoms with Crippen molar-refractivity contribution < 1.29 is 9.52 Å². The van der Waals surface area contributed by atoms with E-state index in [9.17, 15) is 5.11 Å². The summed E-state index contributed by atoms with van der Waals surface area (Å²) in [4.78, 5) is 2.36. The lowest BCUT2D eigenvalue weighted by Gasteiger charge is -2.31. The number of furan rings is 1. The van der Waals surface area contributed by atoms with Crippen LogP contribution < -0.4 is 5.32 Å². The standard InChI is InChI=1S/C15H25BrN2O2/c1-11-3-6-18(7-4-11)10-13(19)9-17-12(2)15-14(16)5-8-20-15/h5,8,11-13,17,19H,3-4,6-7,9-10H2,1-2H3. The quantitative estimate of drug-likeness (QED) is 0.832. The van der Waals surface area contributed by atoms with Crippen molar-refractivity contribution in [2.75, 3.05) is 26.2 Å². The molecule has 2 heterocycles. The van der Waals surface area contributed by atoms with E-state index in [-0.39, 0.29) is 12.1 Å². The maximum absolute atomic E-state index is 10.1. The van der Waals surface area contributed by atoms with Crippen LogP contribution in [0.2, 0.25) is 0 Å². The fourth-order valence-electron chi connectivity index (χ4n) is 2.63. The van der Waals surface area contributed by atoms with Crippen LogP contribution in [0.25, 0.3) is 0 Å². The molecule has 20 heavy (non-hydrogen) atoms. The number of aliphatic hydroxyl groups is 1. The van der Waals surface area contributed by atoms with E-state index in [1.807, 2.05) is 13.0 Å². The summed E-state index contributed by atoms with van der Waals surface area (Å²) in [6.45, 7) is 7.90. The van der Waals surface area contributed by atoms with Gasteiger partial charge in [0.1, 0.15) is 5.76 Å². The van der Waals surface area contributed by atoms with Crippen molar-refractivity contribution in [2.45, 2.75) is 38.8 Å². The minimum atomic E-state index is -0.334. The molecule has 4 nitrogen and oxygen atoms in total. The molecule has 1 aromatic rings. The fraction of sp³-hybridized carbons (Fsp3) is 0.733. The summed E-state index contributed by atoms with van der Waals surface area (Å²) < 4.78 is 6.39. The molecule has 2 atom stereocenters. The third kappa shape index (κ3) is 4.58. The van der Waals surface area contributed by atoms with Crippen molar-refractivity contribution in [1.82, 2.24) is 10.2 Å². The van der Waals surface area contributed by atoms with Crippen molar-refractivity contribution in [3.8, 4) is 0 Å². The molecule has 0 radical (unpaired) electrons. The highest BCUT2D eigenvalue weighted by atomic mass is 79.9. The number of rotatable bonds is 6. The number of β-amino-alcohol motifs (C(OH)–C–C–N with tert-alkyl or cyclic N) is 1. The molecule has 2 rings (SSSR count). The lowest BCUT2D eigenvalue weighted by molar-refractivity contribution is 0.0886. The minimum Gasteiger partial charge on any atom is -0.466 e. The van der Waals surface area contributed by atoms with Crippen molar-refractivity contribution in [1.29, 1.82) is 0 Å². The highest BCUT2D eigenvalue weighted by Gasteiger charge is 2.19. The summed E-state index contributed by atoms with van der Waals surface area (Å²) in [5, 5.41) is 13.5. The van der Waals surface area contributed by atoms with Crippen molar-refractivity contribution in [3.63, 3.8) is 0 Å². The third-order valence-electron chi connectivity index (χ3n) is 4.04. The smallest absolute Gasteiger partial charge is 0.134 e. The van der Waals surface area contributed by atoms with E-state index in [1.165, 1.54) is 12.8 Å². The molecular formula is C15H25BrN2O2. The lowest BCUT2D eigenvalue weighted by atomic mass is 9.99. The second-order valence-corrected chi connectivity index (χ2v) is 6.75. The highest BCUT2D eigenvalue weighted by Crippen LogP contribution is 2.24. The normalized spacial score (nSPS) is 21.0. The van der Waals surface area contributed by atoms with Gasteiger partial charge in [0.15, 0.2) is 0 Å². The first-order valence-electron chi connectivity index (χ1n) is 7.43. The van der Waals surface area contributed by atoms with E-state index < -0.39 is 0 Å². The number of piperidine rings is 1. The SMILES string of the molecule is CC1CCN(CC(O)CNC(C)c2occc2Br)CC1. The summed E-state index contributed by atoms with van der Waals surface area (Å²) >= 11 is 3.45. The molecule has 0 aromatic carbocycles. The summed E-state index contributed by atoms with van der Waals surface area (Å²) in [6, 6.07) is 1.98. The van der Waals surface area contributed by atoms with Gasteiger partial charge >= 0.3 is 0 Å². The minimum absolute atomic E-state index is 0.0930. The maximum atomic E-state index is 10.1. The first-order valence-corrected chi connectivity index (χ1v) is 8.22. The third-order valence-corrected chi connectivity index (χ3v) is 4.70. The largest absolute Gasteiger partial charge is 0.466 e. The van der Waals surface area contributed by atoms with E-state index >= 15 is 0 Å². The number of nitrogens with one attached hydrogen (secondary N) is 1. The Morgan fingerprint density at radius 3 is 2.80 bits per heavy atom. The summed E-state index contributed by atoms with van der Waals surface area (Å²) in [5.74, 6) is 1.71. The van der Waals surface area contributed by atoms with Gasteiger partial charge in [-0.25, -0.2) is 0 Å². The Kier molecular flexibility index (Phi) is 6.08. The number of nitrogens with zero attached hydrogens (tertiary/aromatic N) is 1. The lowest BCUT2D eigenvalue weighted by Crippen LogP contribution is -2.42. The number of hydrogen-bond donors (Lipinski definition) is 2. The van der Waals surface area contributed by atoms with Gasteiger partial charge in [0, 0.05) is 13.1 Å². The van der Waals surface area contributed by atoms with Crippen LogP contribution in [0.5, 0.6) is 0 Å². The molecule has 1 aromatic heterocycles. The van der Waals surface area contributed by atoms with Crippen molar-refractivity contribution in [2.24, 2.45) is 5.92 Å². The zero-order chi connectivity index (χ0) is 14.5. The number of aliphatic hydroxyl groups excluding tert-OH is 1. The number of halogens is 1. The van der Waals surface area contributed by atoms with Gasteiger partial charge in [0.25, 0.3) is 0 Å². The molecule has 0 aliphatic carbocycles. The average molecular weight is 345 g/mol. The molecule has 1 saturated heterocycles. The molecular weight excluding hydrogens is 320 g/mol. The van der Waals surface area contributed by atoms with Crippen LogP contribution in [0.15, 0.2) is 21.2 Å². The summed E-state index contributed by atoms with van der Waals surface area (Å²) in [5.41, 5.74) is 0. The van der Waals surface area contributed by atoms with Crippen LogP contribution in [0.1, 0.15) is 38.5 Å². The second-order valence-electron chi connectivity index (χ2n) is 5.90. The Balaban J connectivity index is 1.70. The van der Waals surface area contributed by atoms with E-state index in [4.69, 9.17) is 4.42 Å². The van der Waals surface area contributed by atoms with Gasteiger partial charge < -0.3 is 19.7 Å². The molecule has 1 aliphatic heterocycles. The van der Waals surface area contributed by atoms with Gasteiger partial charge in [-0.15, -0.1) is 0 Å². The Bertz CT molecular complexity index is 402. The molecule has 2 unspecified atom stereocenters. The van der Waals surface area contributed by atoms with Crippen LogP contribution in [0.3, 0.4) is 0 Å². The fourth-order valence-corrected chi connectivity index (χ4v) is 3.17. The Morgan fingerprint density at radius 2 is 2.20 bits per heavy atom. The Morgan fingerprint density at radius 1 is 1.50 bits per heavy atom. The van der Waals surface area contributed by atoms with Crippen LogP contribution in [0, 0.1) is 5.92 Å². The van der Waals surface area contributed by atoms with Gasteiger partial charge in [-0.1, -0.05) is 6.92 Å². The van der Waals surface area contributed by atoms with Gasteiger partial charge in [-0.2, -0.15) is 0 Å². The van der Waals surface area contributed by atoms with E-state index in [0.717, 1.165) is 35.8 Å². The molecule has 5 heteroatoms. The van der Waals surface area contributed by atoms with Gasteiger partial charge in [-0.3, -0.25) is 0 Å². The van der Waals surface area contributed by atoms with Gasteiger partial charge in [-0.05, 0) is 60.8 Å². The van der Waals surface area contributed by atoms with E-state index in [2.05, 4.69) is 33.1 Å². The Hall–Kier alpha value is -0.360. The molecule has 114 valence electrons. The van der Waals surface area contributed by atoms with Gasteiger partial charge in [0.05, 0.1) is 22.9 Å². The van der Waals surface area contributed by atoms with Crippen LogP contribution in [-0.2, 0) is 0 Å². The first-order chi connectivity index (χ1) is 9.56. The molecule has 1 fully saturated rings. The molecule has 2 N–H and O–H groups in total. The molecule has 0 spiro atoms.